The number of nitrogens with one attached hydrogen (secondary N) is 1. The first-order valence-corrected chi connectivity index (χ1v) is 5.82. The van der Waals surface area contributed by atoms with Crippen LogP contribution in [0.4, 0.5) is 23.7 Å². The van der Waals surface area contributed by atoms with Crippen LogP contribution in [0.3, 0.4) is 0 Å². The quantitative estimate of drug-likeness (QED) is 0.823. The number of carboxylic acid groups (broad SMARTS) is 1. The van der Waals surface area contributed by atoms with Crippen LogP contribution in [-0.2, 0) is 12.6 Å². The highest BCUT2D eigenvalue weighted by molar-refractivity contribution is 5.86. The maximum Gasteiger partial charge on any atom is 0.433 e. The van der Waals surface area contributed by atoms with Crippen molar-refractivity contribution in [1.29, 1.82) is 0 Å². The molecule has 0 spiro atoms. The standard InChI is InChI=1S/C12H13F3N2O2/c1-5-3-4-7-8(5)9(17-11(18)19)6(2)10(16-7)12(13,14)15/h5H,3-4H2,1-2H3,(H,16,17)(H,18,19). The third-order valence-corrected chi connectivity index (χ3v) is 3.36. The summed E-state index contributed by atoms with van der Waals surface area (Å²) in [6.07, 6.45) is -4.84. The molecule has 1 aromatic rings. The summed E-state index contributed by atoms with van der Waals surface area (Å²) in [7, 11) is 0. The van der Waals surface area contributed by atoms with Crippen LogP contribution in [0.15, 0.2) is 0 Å². The molecule has 1 aliphatic rings. The van der Waals surface area contributed by atoms with Crippen LogP contribution >= 0.6 is 0 Å². The molecule has 1 aromatic heterocycles. The minimum atomic E-state index is -4.58. The van der Waals surface area contributed by atoms with Gasteiger partial charge in [0.2, 0.25) is 0 Å². The number of aromatic nitrogens is 1. The fourth-order valence-electron chi connectivity index (χ4n) is 2.51. The minimum absolute atomic E-state index is 0.00494. The summed E-state index contributed by atoms with van der Waals surface area (Å²) >= 11 is 0. The number of anilines is 1. The SMILES string of the molecule is Cc1c(C(F)(F)F)nc2c(c1NC(=O)O)C(C)CC2. The number of pyridine rings is 1. The lowest BCUT2D eigenvalue weighted by Gasteiger charge is -2.18. The molecule has 4 nitrogen and oxygen atoms in total. The second-order valence-electron chi connectivity index (χ2n) is 4.69. The maximum absolute atomic E-state index is 12.9. The van der Waals surface area contributed by atoms with Gasteiger partial charge in [0.25, 0.3) is 0 Å². The van der Waals surface area contributed by atoms with Crippen LogP contribution in [0, 0.1) is 6.92 Å². The Morgan fingerprint density at radius 3 is 2.63 bits per heavy atom. The third-order valence-electron chi connectivity index (χ3n) is 3.36. The van der Waals surface area contributed by atoms with Gasteiger partial charge in [-0.05, 0) is 25.7 Å². The van der Waals surface area contributed by atoms with Gasteiger partial charge in [0, 0.05) is 16.8 Å². The number of fused-ring (bicyclic) bond motifs is 1. The second-order valence-corrected chi connectivity index (χ2v) is 4.69. The fourth-order valence-corrected chi connectivity index (χ4v) is 2.51. The van der Waals surface area contributed by atoms with Crippen molar-refractivity contribution in [3.63, 3.8) is 0 Å². The summed E-state index contributed by atoms with van der Waals surface area (Å²) in [5.74, 6) is 0.00494. The van der Waals surface area contributed by atoms with Crippen molar-refractivity contribution in [3.8, 4) is 0 Å². The first-order chi connectivity index (χ1) is 8.71. The molecule has 19 heavy (non-hydrogen) atoms. The van der Waals surface area contributed by atoms with Crippen LogP contribution in [-0.4, -0.2) is 16.2 Å². The van der Waals surface area contributed by atoms with Gasteiger partial charge in [0.05, 0.1) is 5.69 Å². The van der Waals surface area contributed by atoms with Gasteiger partial charge < -0.3 is 5.11 Å². The third kappa shape index (κ3) is 2.36. The van der Waals surface area contributed by atoms with E-state index in [2.05, 4.69) is 10.3 Å². The van der Waals surface area contributed by atoms with Crippen molar-refractivity contribution >= 4 is 11.8 Å². The molecule has 0 saturated heterocycles. The van der Waals surface area contributed by atoms with Gasteiger partial charge in [-0.3, -0.25) is 5.32 Å². The molecule has 2 rings (SSSR count). The van der Waals surface area contributed by atoms with E-state index < -0.39 is 18.0 Å². The second kappa shape index (κ2) is 4.40. The molecule has 104 valence electrons. The van der Waals surface area contributed by atoms with Crippen LogP contribution in [0.25, 0.3) is 0 Å². The van der Waals surface area contributed by atoms with E-state index in [4.69, 9.17) is 5.11 Å². The summed E-state index contributed by atoms with van der Waals surface area (Å²) in [5, 5.41) is 10.9. The number of rotatable bonds is 1. The molecular weight excluding hydrogens is 261 g/mol. The molecule has 0 radical (unpaired) electrons. The van der Waals surface area contributed by atoms with Crippen molar-refractivity contribution < 1.29 is 23.1 Å². The number of hydrogen-bond donors (Lipinski definition) is 2. The van der Waals surface area contributed by atoms with Crippen LogP contribution in [0.5, 0.6) is 0 Å². The van der Waals surface area contributed by atoms with Crippen molar-refractivity contribution in [2.75, 3.05) is 5.32 Å². The lowest BCUT2D eigenvalue weighted by Crippen LogP contribution is -2.18. The Balaban J connectivity index is 2.68. The molecular formula is C12H13F3N2O2. The summed E-state index contributed by atoms with van der Waals surface area (Å²) in [6.45, 7) is 3.10. The van der Waals surface area contributed by atoms with Crippen LogP contribution < -0.4 is 5.32 Å². The number of hydrogen-bond acceptors (Lipinski definition) is 2. The van der Waals surface area contributed by atoms with E-state index >= 15 is 0 Å². The molecule has 1 aliphatic carbocycles. The van der Waals surface area contributed by atoms with Gasteiger partial charge in [0.1, 0.15) is 5.69 Å². The van der Waals surface area contributed by atoms with Crippen molar-refractivity contribution in [2.45, 2.75) is 38.8 Å². The maximum atomic E-state index is 12.9. The molecule has 0 aliphatic heterocycles. The predicted octanol–water partition coefficient (Wildman–Crippen LogP) is 3.55. The lowest BCUT2D eigenvalue weighted by molar-refractivity contribution is -0.141. The van der Waals surface area contributed by atoms with Crippen molar-refractivity contribution in [3.05, 3.63) is 22.5 Å². The molecule has 2 N–H and O–H groups in total. The van der Waals surface area contributed by atoms with Crippen LogP contribution in [0.1, 0.15) is 41.8 Å². The average molecular weight is 274 g/mol. The highest BCUT2D eigenvalue weighted by Gasteiger charge is 2.38. The molecule has 1 unspecified atom stereocenters. The molecule has 0 fully saturated rings. The van der Waals surface area contributed by atoms with Gasteiger partial charge in [-0.2, -0.15) is 13.2 Å². The van der Waals surface area contributed by atoms with Gasteiger partial charge >= 0.3 is 12.3 Å². The number of aryl methyl sites for hydroxylation is 1. The van der Waals surface area contributed by atoms with E-state index in [0.717, 1.165) is 0 Å². The molecule has 0 aromatic carbocycles. The van der Waals surface area contributed by atoms with Gasteiger partial charge in [-0.1, -0.05) is 6.92 Å². The van der Waals surface area contributed by atoms with E-state index in [9.17, 15) is 18.0 Å². The van der Waals surface area contributed by atoms with E-state index in [1.54, 1.807) is 0 Å². The molecule has 1 amide bonds. The summed E-state index contributed by atoms with van der Waals surface area (Å²) in [4.78, 5) is 14.5. The Labute approximate surface area is 107 Å². The fraction of sp³-hybridized carbons (Fsp3) is 0.500. The summed E-state index contributed by atoms with van der Waals surface area (Å²) in [5.41, 5.74) is -0.205. The monoisotopic (exact) mass is 274 g/mol. The lowest BCUT2D eigenvalue weighted by atomic mass is 9.99. The number of amides is 1. The van der Waals surface area contributed by atoms with Crippen molar-refractivity contribution in [2.24, 2.45) is 0 Å². The molecule has 7 heteroatoms. The Kier molecular flexibility index (Phi) is 3.15. The van der Waals surface area contributed by atoms with E-state index in [0.29, 0.717) is 24.1 Å². The van der Waals surface area contributed by atoms with E-state index in [-0.39, 0.29) is 17.2 Å². The highest BCUT2D eigenvalue weighted by atomic mass is 19.4. The number of carbonyl (C=O) groups is 1. The Bertz CT molecular complexity index is 541. The largest absolute Gasteiger partial charge is 0.465 e. The van der Waals surface area contributed by atoms with Gasteiger partial charge in [0.15, 0.2) is 0 Å². The Hall–Kier alpha value is -1.79. The minimum Gasteiger partial charge on any atom is -0.465 e. The zero-order valence-electron chi connectivity index (χ0n) is 10.4. The predicted molar refractivity (Wildman–Crippen MR) is 62.4 cm³/mol. The molecule has 1 heterocycles. The first-order valence-electron chi connectivity index (χ1n) is 5.82. The van der Waals surface area contributed by atoms with Crippen LogP contribution in [0.2, 0.25) is 0 Å². The van der Waals surface area contributed by atoms with E-state index in [1.807, 2.05) is 6.92 Å². The molecule has 1 atom stereocenters. The Morgan fingerprint density at radius 2 is 2.11 bits per heavy atom. The highest BCUT2D eigenvalue weighted by Crippen LogP contribution is 2.43. The summed E-state index contributed by atoms with van der Waals surface area (Å²) < 4.78 is 38.7. The number of halogens is 3. The topological polar surface area (TPSA) is 62.2 Å². The molecule has 0 bridgehead atoms. The Morgan fingerprint density at radius 1 is 1.47 bits per heavy atom. The van der Waals surface area contributed by atoms with Gasteiger partial charge in [-0.15, -0.1) is 0 Å². The first kappa shape index (κ1) is 13.6. The van der Waals surface area contributed by atoms with Gasteiger partial charge in [-0.25, -0.2) is 9.78 Å². The summed E-state index contributed by atoms with van der Waals surface area (Å²) in [6, 6.07) is 0. The van der Waals surface area contributed by atoms with Crippen molar-refractivity contribution in [1.82, 2.24) is 4.98 Å². The average Bonchev–Trinajstić information content (AvgIpc) is 2.62. The smallest absolute Gasteiger partial charge is 0.433 e. The normalized spacial score (nSPS) is 18.3. The zero-order valence-corrected chi connectivity index (χ0v) is 10.4. The van der Waals surface area contributed by atoms with E-state index in [1.165, 1.54) is 6.92 Å². The number of alkyl halides is 3. The zero-order chi connectivity index (χ0) is 14.4. The number of nitrogens with zero attached hydrogens (tertiary/aromatic N) is 1. The molecule has 0 saturated carbocycles.